The molecule has 0 spiro atoms. The zero-order valence-corrected chi connectivity index (χ0v) is 10.6. The summed E-state index contributed by atoms with van der Waals surface area (Å²) in [5, 5.41) is 1.34. The molecule has 0 saturated carbocycles. The molecule has 2 heterocycles. The minimum atomic E-state index is 0.853. The van der Waals surface area contributed by atoms with E-state index in [-0.39, 0.29) is 0 Å². The third-order valence-electron chi connectivity index (χ3n) is 3.74. The first-order valence-corrected chi connectivity index (χ1v) is 6.63. The van der Waals surface area contributed by atoms with Gasteiger partial charge in [-0.05, 0) is 18.1 Å². The van der Waals surface area contributed by atoms with E-state index in [9.17, 15) is 0 Å². The molecule has 1 aliphatic heterocycles. The number of benzene rings is 2. The van der Waals surface area contributed by atoms with Crippen LogP contribution >= 0.6 is 0 Å². The average Bonchev–Trinajstić information content (AvgIpc) is 2.78. The van der Waals surface area contributed by atoms with Crippen molar-refractivity contribution in [3.63, 3.8) is 0 Å². The monoisotopic (exact) mass is 246 g/mol. The number of nitrogens with one attached hydrogen (secondary N) is 1. The van der Waals surface area contributed by atoms with E-state index in [4.69, 9.17) is 4.99 Å². The van der Waals surface area contributed by atoms with Crippen LogP contribution in [-0.4, -0.2) is 17.2 Å². The SMILES string of the molecule is c1ccc(C2=NCCc3c[nH]c4cccc2c34)cc1. The van der Waals surface area contributed by atoms with Gasteiger partial charge < -0.3 is 4.98 Å². The first-order valence-electron chi connectivity index (χ1n) is 6.63. The maximum Gasteiger partial charge on any atom is 0.0725 e. The van der Waals surface area contributed by atoms with Crippen molar-refractivity contribution in [2.75, 3.05) is 6.54 Å². The van der Waals surface area contributed by atoms with E-state index in [0.717, 1.165) is 18.7 Å². The largest absolute Gasteiger partial charge is 0.361 e. The first kappa shape index (κ1) is 10.6. The summed E-state index contributed by atoms with van der Waals surface area (Å²) in [7, 11) is 0. The maximum atomic E-state index is 4.81. The lowest BCUT2D eigenvalue weighted by Crippen LogP contribution is -2.03. The zero-order chi connectivity index (χ0) is 12.7. The van der Waals surface area contributed by atoms with Crippen molar-refractivity contribution in [2.24, 2.45) is 4.99 Å². The lowest BCUT2D eigenvalue weighted by molar-refractivity contribution is 0.982. The summed E-state index contributed by atoms with van der Waals surface area (Å²) < 4.78 is 0. The molecule has 0 saturated heterocycles. The van der Waals surface area contributed by atoms with Crippen molar-refractivity contribution >= 4 is 16.6 Å². The summed E-state index contributed by atoms with van der Waals surface area (Å²) in [6, 6.07) is 16.9. The van der Waals surface area contributed by atoms with Crippen molar-refractivity contribution in [2.45, 2.75) is 6.42 Å². The Morgan fingerprint density at radius 3 is 2.74 bits per heavy atom. The van der Waals surface area contributed by atoms with Gasteiger partial charge in [-0.1, -0.05) is 42.5 Å². The second-order valence-corrected chi connectivity index (χ2v) is 4.89. The van der Waals surface area contributed by atoms with Crippen molar-refractivity contribution in [3.8, 4) is 0 Å². The Balaban J connectivity index is 2.02. The van der Waals surface area contributed by atoms with E-state index in [1.165, 1.54) is 27.6 Å². The van der Waals surface area contributed by atoms with Gasteiger partial charge in [0, 0.05) is 34.8 Å². The molecule has 1 aromatic heterocycles. The average molecular weight is 246 g/mol. The van der Waals surface area contributed by atoms with Crippen LogP contribution in [0.1, 0.15) is 16.7 Å². The Morgan fingerprint density at radius 1 is 0.947 bits per heavy atom. The molecule has 1 N–H and O–H groups in total. The summed E-state index contributed by atoms with van der Waals surface area (Å²) >= 11 is 0. The molecule has 0 unspecified atom stereocenters. The Morgan fingerprint density at radius 2 is 1.84 bits per heavy atom. The molecule has 1 aliphatic rings. The molecule has 19 heavy (non-hydrogen) atoms. The van der Waals surface area contributed by atoms with Gasteiger partial charge in [0.2, 0.25) is 0 Å². The number of aromatic amines is 1. The molecule has 0 atom stereocenters. The first-order chi connectivity index (χ1) is 9.43. The van der Waals surface area contributed by atoms with E-state index in [1.54, 1.807) is 0 Å². The highest BCUT2D eigenvalue weighted by Crippen LogP contribution is 2.27. The lowest BCUT2D eigenvalue weighted by Gasteiger charge is -2.07. The Hall–Kier alpha value is -2.35. The second-order valence-electron chi connectivity index (χ2n) is 4.89. The van der Waals surface area contributed by atoms with Crippen LogP contribution in [0.25, 0.3) is 10.9 Å². The van der Waals surface area contributed by atoms with Gasteiger partial charge in [-0.3, -0.25) is 4.99 Å². The van der Waals surface area contributed by atoms with Gasteiger partial charge in [-0.2, -0.15) is 0 Å². The zero-order valence-electron chi connectivity index (χ0n) is 10.6. The van der Waals surface area contributed by atoms with Crippen molar-refractivity contribution in [3.05, 3.63) is 71.4 Å². The normalized spacial score (nSPS) is 14.2. The van der Waals surface area contributed by atoms with E-state index in [0.29, 0.717) is 0 Å². The lowest BCUT2D eigenvalue weighted by atomic mass is 9.97. The molecular formula is C17H14N2. The summed E-state index contributed by atoms with van der Waals surface area (Å²) in [5.74, 6) is 0. The van der Waals surface area contributed by atoms with E-state index in [1.807, 2.05) is 6.07 Å². The quantitative estimate of drug-likeness (QED) is 0.680. The summed E-state index contributed by atoms with van der Waals surface area (Å²) in [6.07, 6.45) is 3.13. The predicted octanol–water partition coefficient (Wildman–Crippen LogP) is 3.56. The molecular weight excluding hydrogens is 232 g/mol. The molecule has 2 nitrogen and oxygen atoms in total. The fourth-order valence-electron chi connectivity index (χ4n) is 2.87. The molecule has 2 aromatic carbocycles. The third-order valence-corrected chi connectivity index (χ3v) is 3.74. The minimum Gasteiger partial charge on any atom is -0.361 e. The Kier molecular flexibility index (Phi) is 2.27. The molecule has 0 fully saturated rings. The fourth-order valence-corrected chi connectivity index (χ4v) is 2.87. The molecule has 0 aliphatic carbocycles. The number of aromatic nitrogens is 1. The van der Waals surface area contributed by atoms with Crippen LogP contribution in [0, 0.1) is 0 Å². The number of hydrogen-bond donors (Lipinski definition) is 1. The highest BCUT2D eigenvalue weighted by Gasteiger charge is 2.16. The molecule has 4 rings (SSSR count). The van der Waals surface area contributed by atoms with Crippen LogP contribution < -0.4 is 0 Å². The molecule has 0 amide bonds. The number of H-pyrrole nitrogens is 1. The van der Waals surface area contributed by atoms with Gasteiger partial charge in [0.05, 0.1) is 5.71 Å². The van der Waals surface area contributed by atoms with Gasteiger partial charge in [-0.15, -0.1) is 0 Å². The minimum absolute atomic E-state index is 0.853. The van der Waals surface area contributed by atoms with Crippen LogP contribution in [0.2, 0.25) is 0 Å². The predicted molar refractivity (Wildman–Crippen MR) is 79.0 cm³/mol. The van der Waals surface area contributed by atoms with Crippen LogP contribution in [0.3, 0.4) is 0 Å². The Bertz CT molecular complexity index is 766. The third kappa shape index (κ3) is 1.60. The Labute approximate surface area is 111 Å². The van der Waals surface area contributed by atoms with Crippen LogP contribution in [-0.2, 0) is 6.42 Å². The van der Waals surface area contributed by atoms with Crippen molar-refractivity contribution in [1.82, 2.24) is 4.98 Å². The summed E-state index contributed by atoms with van der Waals surface area (Å²) in [4.78, 5) is 8.17. The van der Waals surface area contributed by atoms with Crippen LogP contribution in [0.4, 0.5) is 0 Å². The molecule has 3 aromatic rings. The highest BCUT2D eigenvalue weighted by atomic mass is 14.8. The number of rotatable bonds is 1. The molecule has 0 bridgehead atoms. The smallest absolute Gasteiger partial charge is 0.0725 e. The van der Waals surface area contributed by atoms with Gasteiger partial charge >= 0.3 is 0 Å². The molecule has 0 radical (unpaired) electrons. The summed E-state index contributed by atoms with van der Waals surface area (Å²) in [6.45, 7) is 0.853. The standard InChI is InChI=1S/C17H14N2/c1-2-5-12(6-3-1)17-14-7-4-8-15-16(14)13(11-19-15)9-10-18-17/h1-8,11,19H,9-10H2. The van der Waals surface area contributed by atoms with Crippen LogP contribution in [0.5, 0.6) is 0 Å². The van der Waals surface area contributed by atoms with Crippen molar-refractivity contribution in [1.29, 1.82) is 0 Å². The fraction of sp³-hybridized carbons (Fsp3) is 0.118. The number of hydrogen-bond acceptors (Lipinski definition) is 1. The molecule has 92 valence electrons. The van der Waals surface area contributed by atoms with Gasteiger partial charge in [0.15, 0.2) is 0 Å². The highest BCUT2D eigenvalue weighted by molar-refractivity contribution is 6.20. The maximum absolute atomic E-state index is 4.81. The number of aliphatic imine (C=N–C) groups is 1. The van der Waals surface area contributed by atoms with Gasteiger partial charge in [0.1, 0.15) is 0 Å². The second kappa shape index (κ2) is 4.09. The van der Waals surface area contributed by atoms with Crippen LogP contribution in [0.15, 0.2) is 59.7 Å². The van der Waals surface area contributed by atoms with Gasteiger partial charge in [0.25, 0.3) is 0 Å². The summed E-state index contributed by atoms with van der Waals surface area (Å²) in [5.41, 5.74) is 6.14. The number of nitrogens with zero attached hydrogens (tertiary/aromatic N) is 1. The van der Waals surface area contributed by atoms with E-state index >= 15 is 0 Å². The molecule has 2 heteroatoms. The van der Waals surface area contributed by atoms with E-state index < -0.39 is 0 Å². The van der Waals surface area contributed by atoms with E-state index in [2.05, 4.69) is 53.6 Å². The topological polar surface area (TPSA) is 28.1 Å². The van der Waals surface area contributed by atoms with Gasteiger partial charge in [-0.25, -0.2) is 0 Å². The van der Waals surface area contributed by atoms with Crippen molar-refractivity contribution < 1.29 is 0 Å².